The van der Waals surface area contributed by atoms with Crippen molar-refractivity contribution in [1.82, 2.24) is 4.90 Å². The summed E-state index contributed by atoms with van der Waals surface area (Å²) in [7, 11) is 0. The highest BCUT2D eigenvalue weighted by atomic mass is 16.7. The lowest BCUT2D eigenvalue weighted by Crippen LogP contribution is -2.35. The largest absolute Gasteiger partial charge is 0.494 e. The molecule has 1 fully saturated rings. The molecule has 236 valence electrons. The molecule has 0 spiro atoms. The fourth-order valence-electron chi connectivity index (χ4n) is 4.76. The Kier molecular flexibility index (Phi) is 15.2. The number of amidine groups is 2. The molecular formula is C33H49N5O5. The molecule has 4 N–H and O–H groups in total. The third-order valence-corrected chi connectivity index (χ3v) is 7.37. The van der Waals surface area contributed by atoms with Crippen LogP contribution in [-0.2, 0) is 14.5 Å². The topological polar surface area (TPSA) is 134 Å². The SMILES string of the molecule is CCCCON=C(N)c1ccc(OCCCC2CCN(CCCOc3ccc(C(N)=NOC(=O)CCC)cc3)CC2)cc1. The second kappa shape index (κ2) is 19.4. The summed E-state index contributed by atoms with van der Waals surface area (Å²) in [4.78, 5) is 24.0. The van der Waals surface area contributed by atoms with E-state index in [9.17, 15) is 4.79 Å². The van der Waals surface area contributed by atoms with Crippen molar-refractivity contribution < 1.29 is 23.9 Å². The average Bonchev–Trinajstić information content (AvgIpc) is 3.03. The maximum absolute atomic E-state index is 11.4. The average molecular weight is 596 g/mol. The van der Waals surface area contributed by atoms with Gasteiger partial charge in [0, 0.05) is 24.1 Å². The zero-order valence-electron chi connectivity index (χ0n) is 25.8. The number of carbonyl (C=O) groups excluding carboxylic acids is 1. The Morgan fingerprint density at radius 3 is 1.95 bits per heavy atom. The van der Waals surface area contributed by atoms with Crippen LogP contribution in [0.2, 0.25) is 0 Å². The molecule has 1 aliphatic rings. The number of nitrogens with two attached hydrogens (primary N) is 2. The summed E-state index contributed by atoms with van der Waals surface area (Å²) in [5, 5.41) is 7.68. The number of oxime groups is 2. The summed E-state index contributed by atoms with van der Waals surface area (Å²) in [5.41, 5.74) is 13.4. The number of benzene rings is 2. The molecule has 2 aromatic rings. The summed E-state index contributed by atoms with van der Waals surface area (Å²) in [6, 6.07) is 15.0. The second-order valence-electron chi connectivity index (χ2n) is 10.9. The summed E-state index contributed by atoms with van der Waals surface area (Å²) in [6.07, 6.45) is 8.72. The maximum atomic E-state index is 11.4. The van der Waals surface area contributed by atoms with Crippen LogP contribution in [0.15, 0.2) is 58.8 Å². The van der Waals surface area contributed by atoms with Crippen LogP contribution < -0.4 is 20.9 Å². The van der Waals surface area contributed by atoms with Gasteiger partial charge in [-0.25, -0.2) is 4.79 Å². The van der Waals surface area contributed by atoms with Gasteiger partial charge in [0.05, 0.1) is 13.2 Å². The highest BCUT2D eigenvalue weighted by Gasteiger charge is 2.18. The first-order valence-electron chi connectivity index (χ1n) is 15.7. The van der Waals surface area contributed by atoms with Crippen LogP contribution in [0.1, 0.15) is 82.8 Å². The molecule has 0 saturated carbocycles. The molecule has 10 nitrogen and oxygen atoms in total. The molecule has 0 unspecified atom stereocenters. The van der Waals surface area contributed by atoms with Gasteiger partial charge in [0.1, 0.15) is 18.1 Å². The second-order valence-corrected chi connectivity index (χ2v) is 10.9. The predicted molar refractivity (Wildman–Crippen MR) is 170 cm³/mol. The molecule has 0 bridgehead atoms. The lowest BCUT2D eigenvalue weighted by molar-refractivity contribution is -0.143. The molecule has 0 aromatic heterocycles. The van der Waals surface area contributed by atoms with Crippen LogP contribution in [0.3, 0.4) is 0 Å². The number of piperidine rings is 1. The fraction of sp³-hybridized carbons (Fsp3) is 0.545. The van der Waals surface area contributed by atoms with Gasteiger partial charge in [-0.3, -0.25) is 0 Å². The van der Waals surface area contributed by atoms with E-state index in [0.717, 1.165) is 68.3 Å². The number of rotatable bonds is 19. The third kappa shape index (κ3) is 12.9. The standard InChI is InChI=1S/C33H49N5O5/c1-3-5-25-42-36-32(34)27-10-14-29(15-11-27)40-23-6-9-26-18-21-38(22-19-26)20-7-24-41-30-16-12-28(13-17-30)33(35)37-43-31(39)8-4-2/h10-17,26H,3-9,18-25H2,1-2H3,(H2,34,36)(H2,35,37). The first-order chi connectivity index (χ1) is 21.0. The molecule has 1 saturated heterocycles. The highest BCUT2D eigenvalue weighted by Crippen LogP contribution is 2.23. The van der Waals surface area contributed by atoms with Gasteiger partial charge in [0.25, 0.3) is 0 Å². The van der Waals surface area contributed by atoms with Gasteiger partial charge in [0.15, 0.2) is 11.7 Å². The molecule has 0 aliphatic carbocycles. The van der Waals surface area contributed by atoms with Gasteiger partial charge >= 0.3 is 5.97 Å². The Bertz CT molecular complexity index is 1130. The Balaban J connectivity index is 1.23. The Morgan fingerprint density at radius 1 is 0.791 bits per heavy atom. The van der Waals surface area contributed by atoms with Gasteiger partial charge in [0.2, 0.25) is 0 Å². The minimum Gasteiger partial charge on any atom is -0.494 e. The summed E-state index contributed by atoms with van der Waals surface area (Å²) >= 11 is 0. The minimum absolute atomic E-state index is 0.165. The predicted octanol–water partition coefficient (Wildman–Crippen LogP) is 5.43. The molecule has 43 heavy (non-hydrogen) atoms. The summed E-state index contributed by atoms with van der Waals surface area (Å²) < 4.78 is 11.9. The maximum Gasteiger partial charge on any atom is 0.335 e. The van der Waals surface area contributed by atoms with E-state index in [1.807, 2.05) is 55.5 Å². The van der Waals surface area contributed by atoms with E-state index in [2.05, 4.69) is 22.1 Å². The van der Waals surface area contributed by atoms with Crippen LogP contribution in [0.5, 0.6) is 11.5 Å². The third-order valence-electron chi connectivity index (χ3n) is 7.37. The number of ether oxygens (including phenoxy) is 2. The van der Waals surface area contributed by atoms with Crippen molar-refractivity contribution in [2.24, 2.45) is 27.7 Å². The van der Waals surface area contributed by atoms with Gasteiger partial charge < -0.3 is 35.5 Å². The van der Waals surface area contributed by atoms with E-state index < -0.39 is 0 Å². The van der Waals surface area contributed by atoms with Crippen molar-refractivity contribution in [1.29, 1.82) is 0 Å². The summed E-state index contributed by atoms with van der Waals surface area (Å²) in [6.45, 7) is 9.26. The zero-order valence-corrected chi connectivity index (χ0v) is 25.8. The molecule has 3 rings (SSSR count). The number of hydrogen-bond acceptors (Lipinski definition) is 8. The van der Waals surface area contributed by atoms with Gasteiger partial charge in [-0.15, -0.1) is 0 Å². The monoisotopic (exact) mass is 595 g/mol. The Labute approximate surface area is 256 Å². The molecule has 0 radical (unpaired) electrons. The van der Waals surface area contributed by atoms with E-state index in [-0.39, 0.29) is 11.8 Å². The van der Waals surface area contributed by atoms with E-state index in [4.69, 9.17) is 30.6 Å². The van der Waals surface area contributed by atoms with Crippen molar-refractivity contribution in [3.8, 4) is 11.5 Å². The zero-order chi connectivity index (χ0) is 30.7. The first kappa shape index (κ1) is 33.7. The first-order valence-corrected chi connectivity index (χ1v) is 15.7. The fourth-order valence-corrected chi connectivity index (χ4v) is 4.76. The van der Waals surface area contributed by atoms with Gasteiger partial charge in [-0.1, -0.05) is 30.6 Å². The normalized spacial score (nSPS) is 14.8. The van der Waals surface area contributed by atoms with E-state index in [1.54, 1.807) is 0 Å². The number of nitrogens with zero attached hydrogens (tertiary/aromatic N) is 3. The van der Waals surface area contributed by atoms with E-state index in [1.165, 1.54) is 19.3 Å². The Hall–Kier alpha value is -3.79. The van der Waals surface area contributed by atoms with Crippen LogP contribution in [0.4, 0.5) is 0 Å². The van der Waals surface area contributed by atoms with Crippen molar-refractivity contribution >= 4 is 17.6 Å². The molecule has 1 heterocycles. The lowest BCUT2D eigenvalue weighted by Gasteiger charge is -2.32. The molecule has 1 aliphatic heterocycles. The van der Waals surface area contributed by atoms with Crippen molar-refractivity contribution in [2.45, 2.75) is 71.6 Å². The van der Waals surface area contributed by atoms with Crippen LogP contribution >= 0.6 is 0 Å². The quantitative estimate of drug-likeness (QED) is 0.0722. The molecule has 0 amide bonds. The number of unbranched alkanes of at least 4 members (excludes halogenated alkanes) is 1. The molecule has 0 atom stereocenters. The van der Waals surface area contributed by atoms with Gasteiger partial charge in [-0.2, -0.15) is 0 Å². The summed E-state index contributed by atoms with van der Waals surface area (Å²) in [5.74, 6) is 2.54. The smallest absolute Gasteiger partial charge is 0.335 e. The number of hydrogen-bond donors (Lipinski definition) is 2. The molecule has 10 heteroatoms. The molecule has 2 aromatic carbocycles. The number of likely N-dealkylation sites (tertiary alicyclic amines) is 1. The van der Waals surface area contributed by atoms with Crippen molar-refractivity contribution in [3.05, 3.63) is 59.7 Å². The van der Waals surface area contributed by atoms with Crippen LogP contribution in [0, 0.1) is 5.92 Å². The number of carbonyl (C=O) groups is 1. The van der Waals surface area contributed by atoms with Gasteiger partial charge in [-0.05, 0) is 112 Å². The van der Waals surface area contributed by atoms with E-state index >= 15 is 0 Å². The minimum atomic E-state index is -0.389. The van der Waals surface area contributed by atoms with E-state index in [0.29, 0.717) is 44.1 Å². The highest BCUT2D eigenvalue weighted by molar-refractivity contribution is 5.97. The van der Waals surface area contributed by atoms with Crippen molar-refractivity contribution in [3.63, 3.8) is 0 Å². The Morgan fingerprint density at radius 2 is 1.37 bits per heavy atom. The van der Waals surface area contributed by atoms with Crippen LogP contribution in [0.25, 0.3) is 0 Å². The van der Waals surface area contributed by atoms with Crippen LogP contribution in [-0.4, -0.2) is 62.0 Å². The van der Waals surface area contributed by atoms with Crippen molar-refractivity contribution in [2.75, 3.05) is 39.5 Å². The lowest BCUT2D eigenvalue weighted by atomic mass is 9.92. The molecular weight excluding hydrogens is 546 g/mol.